The van der Waals surface area contributed by atoms with Crippen LogP contribution in [-0.4, -0.2) is 11.1 Å². The fourth-order valence-electron chi connectivity index (χ4n) is 1.61. The molecule has 0 heterocycles. The summed E-state index contributed by atoms with van der Waals surface area (Å²) in [7, 11) is 0. The van der Waals surface area contributed by atoms with Gasteiger partial charge in [0.1, 0.15) is 0 Å². The van der Waals surface area contributed by atoms with Crippen molar-refractivity contribution in [2.24, 2.45) is 0 Å². The number of carboxylic acids is 1. The molecule has 0 aromatic carbocycles. The number of rotatable bonds is 11. The monoisotopic (exact) mass is 224 g/mol. The van der Waals surface area contributed by atoms with Crippen LogP contribution in [0.25, 0.3) is 0 Å². The second-order valence-corrected chi connectivity index (χ2v) is 4.07. The van der Waals surface area contributed by atoms with Crippen LogP contribution in [0.4, 0.5) is 0 Å². The van der Waals surface area contributed by atoms with E-state index in [2.05, 4.69) is 12.7 Å². The second kappa shape index (κ2) is 12.0. The third-order valence-electron chi connectivity index (χ3n) is 2.53. The van der Waals surface area contributed by atoms with Crippen LogP contribution in [0.1, 0.15) is 57.8 Å². The summed E-state index contributed by atoms with van der Waals surface area (Å²) in [6.45, 7) is 3.62. The number of carboxylic acid groups (broad SMARTS) is 1. The van der Waals surface area contributed by atoms with Gasteiger partial charge in [-0.1, -0.05) is 56.9 Å². The van der Waals surface area contributed by atoms with Crippen molar-refractivity contribution < 1.29 is 9.90 Å². The summed E-state index contributed by atoms with van der Waals surface area (Å²) >= 11 is 0. The molecule has 0 aromatic heterocycles. The molecule has 16 heavy (non-hydrogen) atoms. The quantitative estimate of drug-likeness (QED) is 0.419. The van der Waals surface area contributed by atoms with Crippen molar-refractivity contribution in [3.8, 4) is 0 Å². The minimum atomic E-state index is -0.672. The van der Waals surface area contributed by atoms with Gasteiger partial charge in [-0.05, 0) is 19.3 Å². The lowest BCUT2D eigenvalue weighted by Crippen LogP contribution is -1.93. The molecule has 0 saturated carbocycles. The van der Waals surface area contributed by atoms with E-state index in [0.717, 1.165) is 19.3 Å². The van der Waals surface area contributed by atoms with Crippen LogP contribution >= 0.6 is 0 Å². The van der Waals surface area contributed by atoms with E-state index in [0.29, 0.717) is 6.42 Å². The predicted molar refractivity (Wildman–Crippen MR) is 68.5 cm³/mol. The summed E-state index contributed by atoms with van der Waals surface area (Å²) < 4.78 is 0. The van der Waals surface area contributed by atoms with Crippen LogP contribution in [0, 0.1) is 0 Å². The smallest absolute Gasteiger partial charge is 0.303 e. The molecule has 2 heteroatoms. The molecule has 0 saturated heterocycles. The Labute approximate surface area is 99.1 Å². The Kier molecular flexibility index (Phi) is 11.2. The fraction of sp³-hybridized carbons (Fsp3) is 0.643. The Bertz CT molecular complexity index is 207. The number of hydrogen-bond acceptors (Lipinski definition) is 1. The molecule has 92 valence electrons. The molecule has 0 aliphatic rings. The first kappa shape index (κ1) is 14.9. The summed E-state index contributed by atoms with van der Waals surface area (Å²) in [4.78, 5) is 10.2. The molecule has 2 nitrogen and oxygen atoms in total. The van der Waals surface area contributed by atoms with E-state index in [-0.39, 0.29) is 0 Å². The molecule has 0 amide bonds. The van der Waals surface area contributed by atoms with E-state index in [1.54, 1.807) is 0 Å². The lowest BCUT2D eigenvalue weighted by molar-refractivity contribution is -0.137. The van der Waals surface area contributed by atoms with E-state index in [1.165, 1.54) is 32.1 Å². The van der Waals surface area contributed by atoms with Gasteiger partial charge >= 0.3 is 5.97 Å². The molecular formula is C14H24O2. The average molecular weight is 224 g/mol. The molecule has 0 bridgehead atoms. The highest BCUT2D eigenvalue weighted by atomic mass is 16.4. The van der Waals surface area contributed by atoms with Gasteiger partial charge in [0.15, 0.2) is 0 Å². The van der Waals surface area contributed by atoms with Gasteiger partial charge in [0.25, 0.3) is 0 Å². The minimum Gasteiger partial charge on any atom is -0.481 e. The Morgan fingerprint density at radius 1 is 1.00 bits per heavy atom. The predicted octanol–water partition coefficient (Wildman–Crippen LogP) is 4.32. The van der Waals surface area contributed by atoms with Gasteiger partial charge in [-0.15, -0.1) is 0 Å². The van der Waals surface area contributed by atoms with Crippen LogP contribution in [-0.2, 0) is 4.79 Å². The zero-order valence-electron chi connectivity index (χ0n) is 10.2. The molecule has 0 rings (SSSR count). The molecular weight excluding hydrogens is 200 g/mol. The van der Waals surface area contributed by atoms with Gasteiger partial charge in [-0.3, -0.25) is 4.79 Å². The molecule has 0 aromatic rings. The van der Waals surface area contributed by atoms with E-state index in [1.807, 2.05) is 12.2 Å². The summed E-state index contributed by atoms with van der Waals surface area (Å²) in [5.74, 6) is -0.672. The lowest BCUT2D eigenvalue weighted by Gasteiger charge is -1.99. The first-order valence-electron chi connectivity index (χ1n) is 6.26. The Balaban J connectivity index is 3.01. The maximum absolute atomic E-state index is 10.2. The average Bonchev–Trinajstić information content (AvgIpc) is 2.25. The third-order valence-corrected chi connectivity index (χ3v) is 2.53. The largest absolute Gasteiger partial charge is 0.481 e. The third kappa shape index (κ3) is 12.9. The molecule has 0 radical (unpaired) electrons. The SMILES string of the molecule is C=C/C=C/CCCCCCCCCC(=O)O. The number of unbranched alkanes of at least 4 members (excludes halogenated alkanes) is 7. The van der Waals surface area contributed by atoms with Crippen LogP contribution in [0.15, 0.2) is 24.8 Å². The maximum Gasteiger partial charge on any atom is 0.303 e. The van der Waals surface area contributed by atoms with Crippen LogP contribution in [0.5, 0.6) is 0 Å². The fourth-order valence-corrected chi connectivity index (χ4v) is 1.61. The Morgan fingerprint density at radius 2 is 1.56 bits per heavy atom. The number of carbonyl (C=O) groups is 1. The molecule has 0 atom stereocenters. The van der Waals surface area contributed by atoms with E-state index < -0.39 is 5.97 Å². The van der Waals surface area contributed by atoms with E-state index in [9.17, 15) is 4.79 Å². The van der Waals surface area contributed by atoms with Crippen molar-refractivity contribution in [3.63, 3.8) is 0 Å². The van der Waals surface area contributed by atoms with E-state index >= 15 is 0 Å². The number of aliphatic carboxylic acids is 1. The Morgan fingerprint density at radius 3 is 2.12 bits per heavy atom. The Hall–Kier alpha value is -1.05. The van der Waals surface area contributed by atoms with Gasteiger partial charge in [0.05, 0.1) is 0 Å². The summed E-state index contributed by atoms with van der Waals surface area (Å²) in [5.41, 5.74) is 0. The number of allylic oxidation sites excluding steroid dienone is 3. The normalized spacial score (nSPS) is 10.8. The molecule has 0 unspecified atom stereocenters. The second-order valence-electron chi connectivity index (χ2n) is 4.07. The topological polar surface area (TPSA) is 37.3 Å². The van der Waals surface area contributed by atoms with Crippen molar-refractivity contribution in [2.75, 3.05) is 0 Å². The van der Waals surface area contributed by atoms with Gasteiger partial charge < -0.3 is 5.11 Å². The molecule has 0 spiro atoms. The van der Waals surface area contributed by atoms with Gasteiger partial charge in [-0.25, -0.2) is 0 Å². The summed E-state index contributed by atoms with van der Waals surface area (Å²) in [6.07, 6.45) is 15.5. The highest BCUT2D eigenvalue weighted by Gasteiger charge is 1.96. The molecule has 0 aliphatic heterocycles. The van der Waals surface area contributed by atoms with Gasteiger partial charge in [0, 0.05) is 6.42 Å². The van der Waals surface area contributed by atoms with Gasteiger partial charge in [0.2, 0.25) is 0 Å². The van der Waals surface area contributed by atoms with Crippen molar-refractivity contribution in [3.05, 3.63) is 24.8 Å². The van der Waals surface area contributed by atoms with E-state index in [4.69, 9.17) is 5.11 Å². The van der Waals surface area contributed by atoms with Gasteiger partial charge in [-0.2, -0.15) is 0 Å². The van der Waals surface area contributed by atoms with Crippen LogP contribution in [0.2, 0.25) is 0 Å². The zero-order chi connectivity index (χ0) is 12.1. The van der Waals surface area contributed by atoms with Crippen LogP contribution in [0.3, 0.4) is 0 Å². The molecule has 0 aliphatic carbocycles. The van der Waals surface area contributed by atoms with Crippen molar-refractivity contribution in [2.45, 2.75) is 57.8 Å². The highest BCUT2D eigenvalue weighted by Crippen LogP contribution is 2.09. The maximum atomic E-state index is 10.2. The first-order chi connectivity index (χ1) is 7.77. The number of hydrogen-bond donors (Lipinski definition) is 1. The highest BCUT2D eigenvalue weighted by molar-refractivity contribution is 5.66. The van der Waals surface area contributed by atoms with Crippen molar-refractivity contribution in [1.82, 2.24) is 0 Å². The molecule has 1 N–H and O–H groups in total. The minimum absolute atomic E-state index is 0.326. The zero-order valence-corrected chi connectivity index (χ0v) is 10.2. The summed E-state index contributed by atoms with van der Waals surface area (Å²) in [5, 5.41) is 8.44. The van der Waals surface area contributed by atoms with Crippen LogP contribution < -0.4 is 0 Å². The van der Waals surface area contributed by atoms with Crippen molar-refractivity contribution >= 4 is 5.97 Å². The summed E-state index contributed by atoms with van der Waals surface area (Å²) in [6, 6.07) is 0. The standard InChI is InChI=1S/C14H24O2/c1-2-3-4-5-6-7-8-9-10-11-12-13-14(15)16/h2-4H,1,5-13H2,(H,15,16)/b4-3+. The first-order valence-corrected chi connectivity index (χ1v) is 6.26. The molecule has 0 fully saturated rings. The lowest BCUT2D eigenvalue weighted by atomic mass is 10.1. The van der Waals surface area contributed by atoms with Crippen molar-refractivity contribution in [1.29, 1.82) is 0 Å².